The van der Waals surface area contributed by atoms with E-state index < -0.39 is 0 Å². The second kappa shape index (κ2) is 4.47. The van der Waals surface area contributed by atoms with Crippen LogP contribution >= 0.6 is 23.2 Å². The molecular formula is C11H16Cl2N4O. The molecule has 1 aromatic rings. The smallest absolute Gasteiger partial charge is 0.245 e. The minimum atomic E-state index is -0.289. The van der Waals surface area contributed by atoms with Crippen LogP contribution in [0.4, 0.5) is 5.82 Å². The maximum Gasteiger partial charge on any atom is 0.245 e. The Labute approximate surface area is 116 Å². The third-order valence-corrected chi connectivity index (χ3v) is 3.00. The summed E-state index contributed by atoms with van der Waals surface area (Å²) in [7, 11) is 0. The predicted octanol–water partition coefficient (Wildman–Crippen LogP) is 2.57. The van der Waals surface area contributed by atoms with Crippen molar-refractivity contribution in [2.45, 2.75) is 38.9 Å². The zero-order valence-corrected chi connectivity index (χ0v) is 12.4. The Morgan fingerprint density at radius 2 is 1.61 bits per heavy atom. The molecule has 1 aromatic heterocycles. The van der Waals surface area contributed by atoms with Crippen molar-refractivity contribution in [3.63, 3.8) is 0 Å². The van der Waals surface area contributed by atoms with Crippen molar-refractivity contribution >= 4 is 29.0 Å². The number of aromatic nitrogens is 3. The van der Waals surface area contributed by atoms with E-state index in [0.29, 0.717) is 18.9 Å². The molecule has 100 valence electrons. The number of anilines is 1. The van der Waals surface area contributed by atoms with E-state index >= 15 is 0 Å². The normalized spacial score (nSPS) is 22.0. The highest BCUT2D eigenvalue weighted by molar-refractivity contribution is 6.32. The molecule has 1 saturated heterocycles. The van der Waals surface area contributed by atoms with Gasteiger partial charge in [-0.1, -0.05) is 11.6 Å². The van der Waals surface area contributed by atoms with Crippen molar-refractivity contribution in [1.82, 2.24) is 15.2 Å². The van der Waals surface area contributed by atoms with Gasteiger partial charge in [0.2, 0.25) is 5.28 Å². The van der Waals surface area contributed by atoms with Crippen molar-refractivity contribution in [3.05, 3.63) is 10.4 Å². The van der Waals surface area contributed by atoms with Gasteiger partial charge in [-0.2, -0.15) is 4.98 Å². The van der Waals surface area contributed by atoms with Crippen molar-refractivity contribution in [3.8, 4) is 0 Å². The van der Waals surface area contributed by atoms with Crippen LogP contribution in [0, 0.1) is 0 Å². The molecule has 0 aromatic carbocycles. The second-order valence-electron chi connectivity index (χ2n) is 5.67. The van der Waals surface area contributed by atoms with E-state index in [4.69, 9.17) is 27.9 Å². The molecule has 0 bridgehead atoms. The molecule has 5 nitrogen and oxygen atoms in total. The number of hydrogen-bond acceptors (Lipinski definition) is 5. The summed E-state index contributed by atoms with van der Waals surface area (Å²) in [5.74, 6) is 0.557. The molecular weight excluding hydrogens is 275 g/mol. The standard InChI is InChI=1S/C11H16Cl2N4O/c1-10(2)5-17(6-11(3,4)18-10)8-7(12)15-16-9(13)14-8/h5-6H2,1-4H3. The van der Waals surface area contributed by atoms with Crippen LogP contribution in [0.3, 0.4) is 0 Å². The van der Waals surface area contributed by atoms with E-state index in [1.54, 1.807) is 0 Å². The van der Waals surface area contributed by atoms with Crippen LogP contribution in [0.25, 0.3) is 0 Å². The topological polar surface area (TPSA) is 51.1 Å². The minimum absolute atomic E-state index is 0.0940. The Bertz CT molecular complexity index is 448. The van der Waals surface area contributed by atoms with Gasteiger partial charge in [0.25, 0.3) is 0 Å². The molecule has 0 unspecified atom stereocenters. The van der Waals surface area contributed by atoms with Gasteiger partial charge in [-0.3, -0.25) is 0 Å². The maximum absolute atomic E-state index is 6.04. The summed E-state index contributed by atoms with van der Waals surface area (Å²) in [6.07, 6.45) is 0. The van der Waals surface area contributed by atoms with Gasteiger partial charge in [0.1, 0.15) is 0 Å². The zero-order chi connectivity index (χ0) is 13.6. The lowest BCUT2D eigenvalue weighted by Gasteiger charge is -2.47. The fourth-order valence-electron chi connectivity index (χ4n) is 2.42. The monoisotopic (exact) mass is 290 g/mol. The van der Waals surface area contributed by atoms with Crippen LogP contribution in [-0.2, 0) is 4.74 Å². The molecule has 0 N–H and O–H groups in total. The highest BCUT2D eigenvalue weighted by atomic mass is 35.5. The molecule has 1 aliphatic heterocycles. The molecule has 7 heteroatoms. The molecule has 0 radical (unpaired) electrons. The molecule has 0 amide bonds. The van der Waals surface area contributed by atoms with Gasteiger partial charge in [-0.25, -0.2) is 0 Å². The quantitative estimate of drug-likeness (QED) is 0.796. The molecule has 2 rings (SSSR count). The van der Waals surface area contributed by atoms with Crippen LogP contribution in [0.2, 0.25) is 10.4 Å². The average molecular weight is 291 g/mol. The van der Waals surface area contributed by atoms with Crippen molar-refractivity contribution in [1.29, 1.82) is 0 Å². The summed E-state index contributed by atoms with van der Waals surface area (Å²) in [5, 5.41) is 7.76. The molecule has 1 aliphatic rings. The van der Waals surface area contributed by atoms with Gasteiger partial charge in [-0.05, 0) is 39.3 Å². The van der Waals surface area contributed by atoms with E-state index in [9.17, 15) is 0 Å². The highest BCUT2D eigenvalue weighted by Crippen LogP contribution is 2.32. The molecule has 0 atom stereocenters. The Morgan fingerprint density at radius 1 is 1.06 bits per heavy atom. The summed E-state index contributed by atoms with van der Waals surface area (Å²) in [6, 6.07) is 0. The largest absolute Gasteiger partial charge is 0.366 e. The Kier molecular flexibility index (Phi) is 3.42. The minimum Gasteiger partial charge on any atom is -0.366 e. The van der Waals surface area contributed by atoms with Gasteiger partial charge in [-0.15, -0.1) is 10.2 Å². The van der Waals surface area contributed by atoms with Crippen LogP contribution < -0.4 is 4.90 Å². The summed E-state index contributed by atoms with van der Waals surface area (Å²) in [5.41, 5.74) is -0.578. The molecule has 0 spiro atoms. The summed E-state index contributed by atoms with van der Waals surface area (Å²) >= 11 is 11.8. The van der Waals surface area contributed by atoms with E-state index in [1.807, 2.05) is 32.6 Å². The van der Waals surface area contributed by atoms with E-state index in [1.165, 1.54) is 0 Å². The molecule has 1 fully saturated rings. The van der Waals surface area contributed by atoms with E-state index in [-0.39, 0.29) is 21.6 Å². The van der Waals surface area contributed by atoms with Crippen LogP contribution in [0.15, 0.2) is 0 Å². The lowest BCUT2D eigenvalue weighted by Crippen LogP contribution is -2.57. The van der Waals surface area contributed by atoms with E-state index in [0.717, 1.165) is 0 Å². The number of hydrogen-bond donors (Lipinski definition) is 0. The van der Waals surface area contributed by atoms with Crippen molar-refractivity contribution in [2.24, 2.45) is 0 Å². The first-order chi connectivity index (χ1) is 8.19. The third kappa shape index (κ3) is 3.02. The van der Waals surface area contributed by atoms with Gasteiger partial charge in [0, 0.05) is 13.1 Å². The third-order valence-electron chi connectivity index (χ3n) is 2.60. The average Bonchev–Trinajstić information content (AvgIpc) is 2.17. The highest BCUT2D eigenvalue weighted by Gasteiger charge is 2.39. The lowest BCUT2D eigenvalue weighted by molar-refractivity contribution is -0.133. The Morgan fingerprint density at radius 3 is 2.17 bits per heavy atom. The number of ether oxygens (including phenoxy) is 1. The SMILES string of the molecule is CC1(C)CN(c2nc(Cl)nnc2Cl)CC(C)(C)O1. The number of nitrogens with zero attached hydrogens (tertiary/aromatic N) is 4. The fourth-order valence-corrected chi connectivity index (χ4v) is 2.74. The van der Waals surface area contributed by atoms with Crippen LogP contribution in [-0.4, -0.2) is 39.5 Å². The van der Waals surface area contributed by atoms with Crippen molar-refractivity contribution < 1.29 is 4.74 Å². The second-order valence-corrected chi connectivity index (χ2v) is 6.37. The number of morpholine rings is 1. The van der Waals surface area contributed by atoms with Gasteiger partial charge in [0.15, 0.2) is 11.0 Å². The first kappa shape index (κ1) is 13.8. The summed E-state index contributed by atoms with van der Waals surface area (Å²) < 4.78 is 6.00. The maximum atomic E-state index is 6.04. The lowest BCUT2D eigenvalue weighted by atomic mass is 9.99. The fraction of sp³-hybridized carbons (Fsp3) is 0.727. The van der Waals surface area contributed by atoms with E-state index in [2.05, 4.69) is 15.2 Å². The predicted molar refractivity (Wildman–Crippen MR) is 71.3 cm³/mol. The molecule has 18 heavy (non-hydrogen) atoms. The van der Waals surface area contributed by atoms with Crippen LogP contribution in [0.5, 0.6) is 0 Å². The van der Waals surface area contributed by atoms with Gasteiger partial charge < -0.3 is 9.64 Å². The van der Waals surface area contributed by atoms with Gasteiger partial charge >= 0.3 is 0 Å². The van der Waals surface area contributed by atoms with Crippen molar-refractivity contribution in [2.75, 3.05) is 18.0 Å². The molecule has 0 saturated carbocycles. The Balaban J connectivity index is 2.35. The first-order valence-corrected chi connectivity index (χ1v) is 6.45. The first-order valence-electron chi connectivity index (χ1n) is 5.69. The summed E-state index contributed by atoms with van der Waals surface area (Å²) in [4.78, 5) is 6.19. The zero-order valence-electron chi connectivity index (χ0n) is 10.9. The van der Waals surface area contributed by atoms with Gasteiger partial charge in [0.05, 0.1) is 11.2 Å². The molecule has 0 aliphatic carbocycles. The Hall–Kier alpha value is -0.650. The summed E-state index contributed by atoms with van der Waals surface area (Å²) in [6.45, 7) is 9.47. The molecule has 2 heterocycles. The number of halogens is 2. The number of rotatable bonds is 1. The van der Waals surface area contributed by atoms with Crippen LogP contribution in [0.1, 0.15) is 27.7 Å².